The minimum absolute atomic E-state index is 0.819. The molecule has 6 nitrogen and oxygen atoms in total. The van der Waals surface area contributed by atoms with Crippen LogP contribution in [0, 0.1) is 6.92 Å². The lowest BCUT2D eigenvalue weighted by atomic mass is 10.0. The number of fused-ring (bicyclic) bond motifs is 1. The minimum Gasteiger partial charge on any atom is -0.366 e. The summed E-state index contributed by atoms with van der Waals surface area (Å²) in [6, 6.07) is 7.97. The molecule has 1 aliphatic heterocycles. The summed E-state index contributed by atoms with van der Waals surface area (Å²) in [4.78, 5) is 14.2. The summed E-state index contributed by atoms with van der Waals surface area (Å²) in [5, 5.41) is 5.38. The number of pyridine rings is 2. The Morgan fingerprint density at radius 2 is 2.19 bits per heavy atom. The van der Waals surface area contributed by atoms with Crippen LogP contribution in [0.15, 0.2) is 59.7 Å². The van der Waals surface area contributed by atoms with Crippen molar-refractivity contribution in [2.75, 3.05) is 18.0 Å². The molecule has 27 heavy (non-hydrogen) atoms. The molecule has 0 saturated carbocycles. The van der Waals surface area contributed by atoms with Gasteiger partial charge in [0.05, 0.1) is 11.9 Å². The van der Waals surface area contributed by atoms with Gasteiger partial charge in [-0.2, -0.15) is 0 Å². The van der Waals surface area contributed by atoms with E-state index in [9.17, 15) is 0 Å². The Morgan fingerprint density at radius 1 is 1.22 bits per heavy atom. The van der Waals surface area contributed by atoms with Crippen molar-refractivity contribution in [2.45, 2.75) is 13.3 Å². The fourth-order valence-electron chi connectivity index (χ4n) is 3.64. The van der Waals surface area contributed by atoms with Crippen molar-refractivity contribution in [2.24, 2.45) is 0 Å². The number of hydrogen-bond donors (Lipinski definition) is 1. The van der Waals surface area contributed by atoms with Gasteiger partial charge in [0.2, 0.25) is 0 Å². The summed E-state index contributed by atoms with van der Waals surface area (Å²) >= 11 is 0. The second kappa shape index (κ2) is 6.39. The van der Waals surface area contributed by atoms with E-state index in [1.165, 1.54) is 22.2 Å². The lowest BCUT2D eigenvalue weighted by Crippen LogP contribution is -2.28. The number of aryl methyl sites for hydroxylation is 1. The zero-order valence-corrected chi connectivity index (χ0v) is 15.0. The van der Waals surface area contributed by atoms with Crippen LogP contribution in [-0.4, -0.2) is 33.2 Å². The Hall–Kier alpha value is -3.41. The largest absolute Gasteiger partial charge is 0.366 e. The van der Waals surface area contributed by atoms with Crippen molar-refractivity contribution < 1.29 is 4.52 Å². The smallest absolute Gasteiger partial charge is 0.163 e. The highest BCUT2D eigenvalue weighted by Gasteiger charge is 2.19. The van der Waals surface area contributed by atoms with E-state index in [0.717, 1.165) is 42.2 Å². The number of aromatic amines is 1. The van der Waals surface area contributed by atoms with Gasteiger partial charge in [-0.05, 0) is 42.7 Å². The molecular weight excluding hydrogens is 338 g/mol. The minimum atomic E-state index is 0.819. The number of aromatic nitrogens is 4. The van der Waals surface area contributed by atoms with Crippen LogP contribution in [0.5, 0.6) is 0 Å². The molecule has 6 heteroatoms. The van der Waals surface area contributed by atoms with Gasteiger partial charge in [0, 0.05) is 48.7 Å². The van der Waals surface area contributed by atoms with E-state index in [1.54, 1.807) is 12.4 Å². The summed E-state index contributed by atoms with van der Waals surface area (Å²) in [6.45, 7) is 3.91. The van der Waals surface area contributed by atoms with Crippen LogP contribution in [0.2, 0.25) is 0 Å². The first-order valence-electron chi connectivity index (χ1n) is 9.04. The standard InChI is InChI=1S/C21H19N5O/c1-14-17-4-8-23-21(17)24-13-19(14)26-9-5-15(6-10-26)20-11-18(25-27-20)16-3-2-7-22-12-16/h2-5,7-8,11-13H,6,9-10H2,1H3,(H,23,24). The van der Waals surface area contributed by atoms with Gasteiger partial charge in [-0.15, -0.1) is 0 Å². The monoisotopic (exact) mass is 357 g/mol. The molecule has 0 amide bonds. The van der Waals surface area contributed by atoms with Gasteiger partial charge in [-0.25, -0.2) is 4.98 Å². The topological polar surface area (TPSA) is 70.8 Å². The normalized spacial score (nSPS) is 14.6. The number of nitrogens with zero attached hydrogens (tertiary/aromatic N) is 4. The zero-order valence-electron chi connectivity index (χ0n) is 15.0. The number of anilines is 1. The van der Waals surface area contributed by atoms with Gasteiger partial charge < -0.3 is 14.4 Å². The van der Waals surface area contributed by atoms with Crippen LogP contribution in [0.25, 0.3) is 27.9 Å². The van der Waals surface area contributed by atoms with E-state index in [-0.39, 0.29) is 0 Å². The van der Waals surface area contributed by atoms with Gasteiger partial charge >= 0.3 is 0 Å². The summed E-state index contributed by atoms with van der Waals surface area (Å²) in [5.74, 6) is 0.837. The summed E-state index contributed by atoms with van der Waals surface area (Å²) < 4.78 is 5.59. The van der Waals surface area contributed by atoms with E-state index >= 15 is 0 Å². The molecule has 0 unspecified atom stereocenters. The van der Waals surface area contributed by atoms with E-state index in [2.05, 4.69) is 44.1 Å². The fraction of sp³-hybridized carbons (Fsp3) is 0.190. The maximum absolute atomic E-state index is 5.59. The first-order chi connectivity index (χ1) is 13.3. The van der Waals surface area contributed by atoms with Crippen molar-refractivity contribution in [3.05, 3.63) is 66.5 Å². The average molecular weight is 357 g/mol. The van der Waals surface area contributed by atoms with Crippen LogP contribution < -0.4 is 4.90 Å². The molecular formula is C21H19N5O. The van der Waals surface area contributed by atoms with Crippen molar-refractivity contribution in [3.8, 4) is 11.3 Å². The Bertz CT molecular complexity index is 1130. The Balaban J connectivity index is 1.38. The summed E-state index contributed by atoms with van der Waals surface area (Å²) in [6.07, 6.45) is 10.6. The quantitative estimate of drug-likeness (QED) is 0.594. The Morgan fingerprint density at radius 3 is 3.00 bits per heavy atom. The van der Waals surface area contributed by atoms with Crippen molar-refractivity contribution in [1.82, 2.24) is 20.1 Å². The van der Waals surface area contributed by atoms with E-state index in [4.69, 9.17) is 4.52 Å². The van der Waals surface area contributed by atoms with Crippen LogP contribution in [0.4, 0.5) is 5.69 Å². The maximum Gasteiger partial charge on any atom is 0.163 e. The molecule has 0 aliphatic carbocycles. The summed E-state index contributed by atoms with van der Waals surface area (Å²) in [7, 11) is 0. The number of nitrogens with one attached hydrogen (secondary N) is 1. The van der Waals surface area contributed by atoms with Crippen molar-refractivity contribution >= 4 is 22.3 Å². The fourth-order valence-corrected chi connectivity index (χ4v) is 3.64. The molecule has 134 valence electrons. The Labute approximate surface area is 156 Å². The molecule has 1 aliphatic rings. The number of rotatable bonds is 3. The van der Waals surface area contributed by atoms with Crippen LogP contribution >= 0.6 is 0 Å². The molecule has 5 heterocycles. The van der Waals surface area contributed by atoms with Crippen LogP contribution in [0.1, 0.15) is 17.7 Å². The summed E-state index contributed by atoms with van der Waals surface area (Å²) in [5.41, 5.74) is 6.37. The molecule has 0 bridgehead atoms. The maximum atomic E-state index is 5.59. The van der Waals surface area contributed by atoms with Crippen molar-refractivity contribution in [1.29, 1.82) is 0 Å². The molecule has 0 radical (unpaired) electrons. The molecule has 0 atom stereocenters. The Kier molecular flexibility index (Phi) is 3.74. The third-order valence-electron chi connectivity index (χ3n) is 5.16. The SMILES string of the molecule is Cc1c(N2CC=C(c3cc(-c4cccnc4)no3)CC2)cnc2[nH]ccc12. The molecule has 0 spiro atoms. The highest BCUT2D eigenvalue weighted by Crippen LogP contribution is 2.31. The molecule has 0 aromatic carbocycles. The first kappa shape index (κ1) is 15.8. The molecule has 0 fully saturated rings. The van der Waals surface area contributed by atoms with Gasteiger partial charge in [0.15, 0.2) is 5.76 Å². The van der Waals surface area contributed by atoms with Crippen LogP contribution in [0.3, 0.4) is 0 Å². The second-order valence-corrected chi connectivity index (χ2v) is 6.75. The van der Waals surface area contributed by atoms with Gasteiger partial charge in [-0.1, -0.05) is 11.2 Å². The van der Waals surface area contributed by atoms with Crippen LogP contribution in [-0.2, 0) is 0 Å². The highest BCUT2D eigenvalue weighted by molar-refractivity contribution is 5.84. The van der Waals surface area contributed by atoms with Gasteiger partial charge in [0.25, 0.3) is 0 Å². The molecule has 1 N–H and O–H groups in total. The average Bonchev–Trinajstić information content (AvgIpc) is 3.39. The first-order valence-corrected chi connectivity index (χ1v) is 9.04. The van der Waals surface area contributed by atoms with E-state index in [1.807, 2.05) is 30.6 Å². The molecule has 4 aromatic rings. The highest BCUT2D eigenvalue weighted by atomic mass is 16.5. The lowest BCUT2D eigenvalue weighted by Gasteiger charge is -2.29. The molecule has 4 aromatic heterocycles. The number of hydrogen-bond acceptors (Lipinski definition) is 5. The predicted octanol–water partition coefficient (Wildman–Crippen LogP) is 4.22. The molecule has 0 saturated heterocycles. The predicted molar refractivity (Wildman–Crippen MR) is 105 cm³/mol. The third-order valence-corrected chi connectivity index (χ3v) is 5.16. The van der Waals surface area contributed by atoms with Gasteiger partial charge in [-0.3, -0.25) is 4.98 Å². The van der Waals surface area contributed by atoms with E-state index < -0.39 is 0 Å². The molecule has 5 rings (SSSR count). The zero-order chi connectivity index (χ0) is 18.2. The lowest BCUT2D eigenvalue weighted by molar-refractivity contribution is 0.410. The second-order valence-electron chi connectivity index (χ2n) is 6.75. The number of H-pyrrole nitrogens is 1. The van der Waals surface area contributed by atoms with Gasteiger partial charge in [0.1, 0.15) is 11.3 Å². The van der Waals surface area contributed by atoms with Crippen molar-refractivity contribution in [3.63, 3.8) is 0 Å². The van der Waals surface area contributed by atoms with E-state index in [0.29, 0.717) is 0 Å². The third kappa shape index (κ3) is 2.79.